The van der Waals surface area contributed by atoms with E-state index < -0.39 is 0 Å². The fourth-order valence-electron chi connectivity index (χ4n) is 1.28. The Bertz CT molecular complexity index is 116. The van der Waals surface area contributed by atoms with Crippen LogP contribution in [0.5, 0.6) is 0 Å². The molecule has 0 aromatic heterocycles. The minimum absolute atomic E-state index is 0.249. The average molecular weight is 142 g/mol. The monoisotopic (exact) mass is 142 g/mol. The fraction of sp³-hybridized carbons (Fsp3) is 0.857. The predicted octanol–water partition coefficient (Wildman–Crippen LogP) is 0.0639. The largest absolute Gasteiger partial charge is 0.379 e. The molecule has 58 valence electrons. The summed E-state index contributed by atoms with van der Waals surface area (Å²) in [5.41, 5.74) is 0. The molecule has 1 saturated heterocycles. The highest BCUT2D eigenvalue weighted by Crippen LogP contribution is 2.09. The van der Waals surface area contributed by atoms with Gasteiger partial charge in [-0.05, 0) is 19.7 Å². The number of nitrogens with zero attached hydrogens (tertiary/aromatic N) is 1. The van der Waals surface area contributed by atoms with Crippen LogP contribution in [-0.2, 0) is 4.74 Å². The second kappa shape index (κ2) is 3.68. The van der Waals surface area contributed by atoms with Crippen LogP contribution in [0.1, 0.15) is 6.42 Å². The number of nitrogens with one attached hydrogen (secondary N) is 1. The van der Waals surface area contributed by atoms with Gasteiger partial charge in [0.1, 0.15) is 0 Å². The van der Waals surface area contributed by atoms with Crippen molar-refractivity contribution in [2.24, 2.45) is 4.99 Å². The van der Waals surface area contributed by atoms with Crippen molar-refractivity contribution in [1.29, 1.82) is 0 Å². The Morgan fingerprint density at radius 2 is 2.50 bits per heavy atom. The molecule has 0 spiro atoms. The zero-order valence-corrected chi connectivity index (χ0v) is 6.34. The molecule has 0 aromatic carbocycles. The standard InChI is InChI=1S/C7H14N2O/c1-8-6-5-9-4-3-7(6)10-2/h6-7,9H,1,3-5H2,2H3. The number of methoxy groups -OCH3 is 1. The van der Waals surface area contributed by atoms with Crippen molar-refractivity contribution in [2.45, 2.75) is 18.6 Å². The van der Waals surface area contributed by atoms with Crippen LogP contribution in [0.15, 0.2) is 4.99 Å². The Kier molecular flexibility index (Phi) is 2.83. The lowest BCUT2D eigenvalue weighted by atomic mass is 10.1. The van der Waals surface area contributed by atoms with E-state index in [4.69, 9.17) is 4.74 Å². The van der Waals surface area contributed by atoms with E-state index in [2.05, 4.69) is 17.0 Å². The lowest BCUT2D eigenvalue weighted by Gasteiger charge is -2.27. The molecule has 0 aromatic rings. The Labute approximate surface area is 61.5 Å². The molecule has 0 amide bonds. The number of hydrogen-bond donors (Lipinski definition) is 1. The molecular formula is C7H14N2O. The normalized spacial score (nSPS) is 33.7. The highest BCUT2D eigenvalue weighted by Gasteiger charge is 2.22. The van der Waals surface area contributed by atoms with E-state index in [1.54, 1.807) is 7.11 Å². The fourth-order valence-corrected chi connectivity index (χ4v) is 1.28. The maximum absolute atomic E-state index is 5.22. The summed E-state index contributed by atoms with van der Waals surface area (Å²) in [6.45, 7) is 5.45. The molecule has 1 aliphatic heterocycles. The summed E-state index contributed by atoms with van der Waals surface area (Å²) in [4.78, 5) is 3.96. The first kappa shape index (κ1) is 7.69. The highest BCUT2D eigenvalue weighted by molar-refractivity contribution is 5.24. The van der Waals surface area contributed by atoms with Gasteiger partial charge in [-0.25, -0.2) is 0 Å². The van der Waals surface area contributed by atoms with Crippen LogP contribution < -0.4 is 5.32 Å². The van der Waals surface area contributed by atoms with Gasteiger partial charge in [-0.3, -0.25) is 4.99 Å². The van der Waals surface area contributed by atoms with E-state index >= 15 is 0 Å². The molecule has 3 heteroatoms. The molecule has 3 nitrogen and oxygen atoms in total. The van der Waals surface area contributed by atoms with E-state index in [1.807, 2.05) is 0 Å². The molecule has 0 saturated carbocycles. The number of piperidine rings is 1. The van der Waals surface area contributed by atoms with E-state index in [0.29, 0.717) is 0 Å². The SMILES string of the molecule is C=NC1CNCCC1OC. The van der Waals surface area contributed by atoms with Crippen LogP contribution in [0, 0.1) is 0 Å². The topological polar surface area (TPSA) is 33.6 Å². The third kappa shape index (κ3) is 1.55. The molecule has 2 atom stereocenters. The van der Waals surface area contributed by atoms with Gasteiger partial charge in [-0.2, -0.15) is 0 Å². The molecule has 0 bridgehead atoms. The third-order valence-electron chi connectivity index (χ3n) is 1.93. The first-order chi connectivity index (χ1) is 4.88. The van der Waals surface area contributed by atoms with Gasteiger partial charge in [-0.15, -0.1) is 0 Å². The third-order valence-corrected chi connectivity index (χ3v) is 1.93. The Morgan fingerprint density at radius 3 is 3.00 bits per heavy atom. The van der Waals surface area contributed by atoms with Gasteiger partial charge in [0, 0.05) is 13.7 Å². The van der Waals surface area contributed by atoms with Crippen LogP contribution in [0.25, 0.3) is 0 Å². The zero-order chi connectivity index (χ0) is 7.40. The molecular weight excluding hydrogens is 128 g/mol. The van der Waals surface area contributed by atoms with Gasteiger partial charge >= 0.3 is 0 Å². The molecule has 1 heterocycles. The van der Waals surface area contributed by atoms with E-state index in [-0.39, 0.29) is 12.1 Å². The van der Waals surface area contributed by atoms with Gasteiger partial charge in [0.15, 0.2) is 0 Å². The quantitative estimate of drug-likeness (QED) is 0.553. The summed E-state index contributed by atoms with van der Waals surface area (Å²) < 4.78 is 5.22. The number of rotatable bonds is 2. The van der Waals surface area contributed by atoms with Crippen molar-refractivity contribution >= 4 is 6.72 Å². The molecule has 1 fully saturated rings. The number of hydrogen-bond acceptors (Lipinski definition) is 3. The Balaban J connectivity index is 2.41. The smallest absolute Gasteiger partial charge is 0.0878 e. The van der Waals surface area contributed by atoms with E-state index in [9.17, 15) is 0 Å². The summed E-state index contributed by atoms with van der Waals surface area (Å²) in [6.07, 6.45) is 1.32. The summed E-state index contributed by atoms with van der Waals surface area (Å²) in [6, 6.07) is 0.249. The van der Waals surface area contributed by atoms with Gasteiger partial charge in [0.25, 0.3) is 0 Å². The minimum atomic E-state index is 0.249. The predicted molar refractivity (Wildman–Crippen MR) is 41.6 cm³/mol. The van der Waals surface area contributed by atoms with Crippen molar-refractivity contribution < 1.29 is 4.74 Å². The van der Waals surface area contributed by atoms with Gasteiger partial charge in [-0.1, -0.05) is 0 Å². The maximum Gasteiger partial charge on any atom is 0.0878 e. The van der Waals surface area contributed by atoms with Crippen molar-refractivity contribution in [1.82, 2.24) is 5.32 Å². The Morgan fingerprint density at radius 1 is 1.70 bits per heavy atom. The number of ether oxygens (including phenoxy) is 1. The highest BCUT2D eigenvalue weighted by atomic mass is 16.5. The molecule has 0 aliphatic carbocycles. The molecule has 2 unspecified atom stereocenters. The second-order valence-electron chi connectivity index (χ2n) is 2.52. The molecule has 1 N–H and O–H groups in total. The maximum atomic E-state index is 5.22. The van der Waals surface area contributed by atoms with Crippen molar-refractivity contribution in [3.8, 4) is 0 Å². The summed E-state index contributed by atoms with van der Waals surface area (Å²) in [7, 11) is 1.73. The van der Waals surface area contributed by atoms with Crippen molar-refractivity contribution in [3.63, 3.8) is 0 Å². The summed E-state index contributed by atoms with van der Waals surface area (Å²) >= 11 is 0. The molecule has 10 heavy (non-hydrogen) atoms. The van der Waals surface area contributed by atoms with E-state index in [1.165, 1.54) is 0 Å². The molecule has 1 aliphatic rings. The zero-order valence-electron chi connectivity index (χ0n) is 6.34. The lowest BCUT2D eigenvalue weighted by molar-refractivity contribution is 0.0616. The van der Waals surface area contributed by atoms with Crippen LogP contribution >= 0.6 is 0 Å². The molecule has 1 rings (SSSR count). The van der Waals surface area contributed by atoms with E-state index in [0.717, 1.165) is 19.5 Å². The second-order valence-corrected chi connectivity index (χ2v) is 2.52. The van der Waals surface area contributed by atoms with Crippen molar-refractivity contribution in [2.75, 3.05) is 20.2 Å². The van der Waals surface area contributed by atoms with Gasteiger partial charge in [0.2, 0.25) is 0 Å². The first-order valence-corrected chi connectivity index (χ1v) is 3.58. The Hall–Kier alpha value is -0.410. The number of aliphatic imine (C=N–C) groups is 1. The summed E-state index contributed by atoms with van der Waals surface area (Å²) in [5, 5.41) is 3.24. The lowest BCUT2D eigenvalue weighted by Crippen LogP contribution is -2.43. The van der Waals surface area contributed by atoms with Gasteiger partial charge < -0.3 is 10.1 Å². The van der Waals surface area contributed by atoms with Gasteiger partial charge in [0.05, 0.1) is 12.1 Å². The molecule has 0 radical (unpaired) electrons. The van der Waals surface area contributed by atoms with Crippen LogP contribution in [-0.4, -0.2) is 39.1 Å². The van der Waals surface area contributed by atoms with Crippen LogP contribution in [0.4, 0.5) is 0 Å². The van der Waals surface area contributed by atoms with Crippen LogP contribution in [0.3, 0.4) is 0 Å². The first-order valence-electron chi connectivity index (χ1n) is 3.58. The average Bonchev–Trinajstić information content (AvgIpc) is 2.04. The van der Waals surface area contributed by atoms with Crippen LogP contribution in [0.2, 0.25) is 0 Å². The van der Waals surface area contributed by atoms with Crippen molar-refractivity contribution in [3.05, 3.63) is 0 Å². The minimum Gasteiger partial charge on any atom is -0.379 e. The summed E-state index contributed by atoms with van der Waals surface area (Å²) in [5.74, 6) is 0.